The smallest absolute Gasteiger partial charge is 0.465 e. The van der Waals surface area contributed by atoms with Crippen LogP contribution in [0.15, 0.2) is 18.2 Å². The fraction of sp³-hybridized carbons (Fsp3) is 0.526. The van der Waals surface area contributed by atoms with Crippen molar-refractivity contribution in [3.63, 3.8) is 0 Å². The Balaban J connectivity index is 2.30. The molecule has 1 unspecified atom stereocenters. The Morgan fingerprint density at radius 3 is 2.29 bits per heavy atom. The number of rotatable bonds is 11. The lowest BCUT2D eigenvalue weighted by atomic mass is 10.3. The van der Waals surface area contributed by atoms with Gasteiger partial charge in [0.2, 0.25) is 0 Å². The molecule has 0 aliphatic carbocycles. The molecule has 1 heterocycles. The first-order valence-corrected chi connectivity index (χ1v) is 12.7. The molecule has 0 amide bonds. The zero-order chi connectivity index (χ0) is 25.7. The first kappa shape index (κ1) is 27.8. The third kappa shape index (κ3) is 8.42. The number of carbonyl (C=O) groups is 2. The molecule has 2 aromatic rings. The minimum atomic E-state index is -4.85. The summed E-state index contributed by atoms with van der Waals surface area (Å²) in [7, 11) is -3.94. The number of ether oxygens (including phenoxy) is 3. The monoisotopic (exact) mass is 526 g/mol. The number of halogens is 3. The third-order valence-electron chi connectivity index (χ3n) is 3.94. The number of benzene rings is 1. The number of hydrogen-bond donors (Lipinski definition) is 3. The van der Waals surface area contributed by atoms with Gasteiger partial charge in [-0.1, -0.05) is 11.3 Å². The maximum absolute atomic E-state index is 13.7. The van der Waals surface area contributed by atoms with E-state index in [0.29, 0.717) is 10.2 Å². The molecule has 0 saturated heterocycles. The quantitative estimate of drug-likeness (QED) is 0.290. The zero-order valence-electron chi connectivity index (χ0n) is 19.1. The molecule has 0 spiro atoms. The van der Waals surface area contributed by atoms with Gasteiger partial charge >= 0.3 is 25.9 Å². The van der Waals surface area contributed by atoms with E-state index in [2.05, 4.69) is 25.0 Å². The molecule has 0 fully saturated rings. The molecular weight excluding hydrogens is 500 g/mol. The van der Waals surface area contributed by atoms with E-state index in [0.717, 1.165) is 23.5 Å². The molecule has 34 heavy (non-hydrogen) atoms. The van der Waals surface area contributed by atoms with Crippen LogP contribution in [0.5, 0.6) is 5.75 Å². The summed E-state index contributed by atoms with van der Waals surface area (Å²) in [5.41, 5.74) is 0.319. The standard InChI is InChI=1S/C19H26F3N4O6PS/c1-6-30-16(27)11(4)24-33(29,25-12(5)17(28)31-10(2)3)26-18-23-14-8-7-13(9-15(14)34-18)32-19(20,21)22/h7-12H,6H2,1-5H3,(H3,23,24,25,26,29)/t11-,12-,33?/m0/s1. The van der Waals surface area contributed by atoms with Crippen molar-refractivity contribution in [3.8, 4) is 5.75 Å². The average molecular weight is 526 g/mol. The average Bonchev–Trinajstić information content (AvgIpc) is 3.06. The molecule has 0 aliphatic rings. The minimum absolute atomic E-state index is 0.0583. The maximum atomic E-state index is 13.7. The molecule has 2 rings (SSSR count). The van der Waals surface area contributed by atoms with Gasteiger partial charge in [-0.3, -0.25) is 19.2 Å². The van der Waals surface area contributed by atoms with E-state index in [1.165, 1.54) is 19.9 Å². The molecular formula is C19H26F3N4O6PS. The van der Waals surface area contributed by atoms with E-state index in [1.807, 2.05) is 0 Å². The molecule has 10 nitrogen and oxygen atoms in total. The predicted molar refractivity (Wildman–Crippen MR) is 121 cm³/mol. The van der Waals surface area contributed by atoms with Crippen molar-refractivity contribution >= 4 is 46.2 Å². The summed E-state index contributed by atoms with van der Waals surface area (Å²) in [4.78, 5) is 28.5. The number of alkyl halides is 3. The number of fused-ring (bicyclic) bond motifs is 1. The van der Waals surface area contributed by atoms with Crippen LogP contribution in [0.1, 0.15) is 34.6 Å². The van der Waals surface area contributed by atoms with E-state index < -0.39 is 49.8 Å². The molecule has 190 valence electrons. The first-order valence-electron chi connectivity index (χ1n) is 10.2. The van der Waals surface area contributed by atoms with E-state index in [4.69, 9.17) is 9.47 Å². The van der Waals surface area contributed by atoms with Crippen LogP contribution in [0.3, 0.4) is 0 Å². The lowest BCUT2D eigenvalue weighted by Gasteiger charge is -2.26. The Morgan fingerprint density at radius 1 is 1.12 bits per heavy atom. The van der Waals surface area contributed by atoms with Crippen LogP contribution < -0.4 is 20.0 Å². The van der Waals surface area contributed by atoms with Crippen molar-refractivity contribution in [2.24, 2.45) is 0 Å². The highest BCUT2D eigenvalue weighted by Gasteiger charge is 2.34. The van der Waals surface area contributed by atoms with Gasteiger partial charge in [0, 0.05) is 6.07 Å². The highest BCUT2D eigenvalue weighted by Crippen LogP contribution is 2.41. The fourth-order valence-corrected chi connectivity index (χ4v) is 5.78. The highest BCUT2D eigenvalue weighted by molar-refractivity contribution is 7.62. The molecule has 1 aromatic heterocycles. The van der Waals surface area contributed by atoms with Crippen molar-refractivity contribution in [2.45, 2.75) is 59.2 Å². The summed E-state index contributed by atoms with van der Waals surface area (Å²) in [6.07, 6.45) is -5.26. The summed E-state index contributed by atoms with van der Waals surface area (Å²) in [5.74, 6) is -1.79. The van der Waals surface area contributed by atoms with Crippen molar-refractivity contribution in [1.82, 2.24) is 15.2 Å². The number of aromatic nitrogens is 1. The number of hydrogen-bond acceptors (Lipinski definition) is 8. The topological polar surface area (TPSA) is 128 Å². The molecule has 0 aliphatic heterocycles. The molecule has 3 N–H and O–H groups in total. The molecule has 0 saturated carbocycles. The SMILES string of the molecule is CCOC(=O)[C@H](C)NP(=O)(Nc1nc2ccc(OC(F)(F)F)cc2s1)N[C@@H](C)C(=O)OC(C)C. The van der Waals surface area contributed by atoms with Crippen molar-refractivity contribution in [2.75, 3.05) is 11.7 Å². The van der Waals surface area contributed by atoms with Gasteiger partial charge < -0.3 is 14.2 Å². The Labute approximate surface area is 198 Å². The van der Waals surface area contributed by atoms with Gasteiger partial charge in [0.1, 0.15) is 17.8 Å². The molecule has 0 bridgehead atoms. The Morgan fingerprint density at radius 2 is 1.74 bits per heavy atom. The largest absolute Gasteiger partial charge is 0.573 e. The summed E-state index contributed by atoms with van der Waals surface area (Å²) in [6.45, 7) is 7.87. The van der Waals surface area contributed by atoms with E-state index >= 15 is 0 Å². The first-order chi connectivity index (χ1) is 15.7. The Kier molecular flexibility index (Phi) is 9.29. The lowest BCUT2D eigenvalue weighted by molar-refractivity contribution is -0.274. The second kappa shape index (κ2) is 11.3. The van der Waals surface area contributed by atoms with Crippen molar-refractivity contribution in [3.05, 3.63) is 18.2 Å². The second-order valence-electron chi connectivity index (χ2n) is 7.36. The summed E-state index contributed by atoms with van der Waals surface area (Å²) in [5, 5.41) is 7.90. The molecule has 3 atom stereocenters. The second-order valence-corrected chi connectivity index (χ2v) is 10.3. The van der Waals surface area contributed by atoms with Gasteiger partial charge in [0.05, 0.1) is 22.9 Å². The number of nitrogens with zero attached hydrogens (tertiary/aromatic N) is 1. The van der Waals surface area contributed by atoms with Gasteiger partial charge in [-0.15, -0.1) is 13.2 Å². The number of nitrogens with one attached hydrogen (secondary N) is 3. The van der Waals surface area contributed by atoms with Gasteiger partial charge in [-0.05, 0) is 46.8 Å². The van der Waals surface area contributed by atoms with Crippen molar-refractivity contribution in [1.29, 1.82) is 0 Å². The van der Waals surface area contributed by atoms with E-state index in [1.54, 1.807) is 20.8 Å². The van der Waals surface area contributed by atoms with Crippen LogP contribution in [-0.4, -0.2) is 48.1 Å². The molecule has 0 radical (unpaired) electrons. The van der Waals surface area contributed by atoms with E-state index in [-0.39, 0.29) is 11.7 Å². The van der Waals surface area contributed by atoms with Gasteiger partial charge in [0.25, 0.3) is 0 Å². The van der Waals surface area contributed by atoms with Gasteiger partial charge in [0.15, 0.2) is 5.13 Å². The highest BCUT2D eigenvalue weighted by atomic mass is 32.1. The number of thiazole rings is 1. The summed E-state index contributed by atoms with van der Waals surface area (Å²) < 4.78 is 65.4. The predicted octanol–water partition coefficient (Wildman–Crippen LogP) is 4.19. The Bertz CT molecular complexity index is 1060. The van der Waals surface area contributed by atoms with Crippen LogP contribution in [0.4, 0.5) is 18.3 Å². The molecule has 15 heteroatoms. The normalized spacial score (nSPS) is 15.4. The summed E-state index contributed by atoms with van der Waals surface area (Å²) >= 11 is 0.902. The Hall–Kier alpha value is -2.41. The number of carbonyl (C=O) groups excluding carboxylic acids is 2. The van der Waals surface area contributed by atoms with Crippen LogP contribution in [0, 0.1) is 0 Å². The third-order valence-corrected chi connectivity index (χ3v) is 7.06. The van der Waals surface area contributed by atoms with Crippen molar-refractivity contribution < 1.29 is 41.5 Å². The minimum Gasteiger partial charge on any atom is -0.465 e. The maximum Gasteiger partial charge on any atom is 0.573 e. The van der Waals surface area contributed by atoms with Crippen LogP contribution >= 0.6 is 18.9 Å². The number of esters is 2. The van der Waals surface area contributed by atoms with Gasteiger partial charge in [-0.25, -0.2) is 15.2 Å². The van der Waals surface area contributed by atoms with Crippen LogP contribution in [0.25, 0.3) is 10.2 Å². The summed E-state index contributed by atoms with van der Waals surface area (Å²) in [6, 6.07) is 1.46. The van der Waals surface area contributed by atoms with Crippen LogP contribution in [-0.2, 0) is 23.6 Å². The van der Waals surface area contributed by atoms with Gasteiger partial charge in [-0.2, -0.15) is 0 Å². The van der Waals surface area contributed by atoms with Crippen LogP contribution in [0.2, 0.25) is 0 Å². The fourth-order valence-electron chi connectivity index (χ4n) is 2.64. The lowest BCUT2D eigenvalue weighted by Crippen LogP contribution is -2.44. The molecule has 1 aromatic carbocycles. The number of anilines is 1. The van der Waals surface area contributed by atoms with E-state index in [9.17, 15) is 27.3 Å². The zero-order valence-corrected chi connectivity index (χ0v) is 20.8.